The first-order valence-electron chi connectivity index (χ1n) is 3.68. The zero-order valence-corrected chi connectivity index (χ0v) is 6.84. The Hall–Kier alpha value is -0.340. The highest BCUT2D eigenvalue weighted by molar-refractivity contribution is 4.70. The third kappa shape index (κ3) is 2.50. The molecule has 0 saturated carbocycles. The Kier molecular flexibility index (Phi) is 2.11. The molecule has 1 atom stereocenters. The molecule has 1 fully saturated rings. The first kappa shape index (κ1) is 7.76. The molecule has 1 saturated heterocycles. The maximum Gasteiger partial charge on any atom is 0.130 e. The number of likely N-dealkylation sites (N-methyl/N-ethyl adjacent to an activating group) is 1. The number of rotatable bonds is 4. The van der Waals surface area contributed by atoms with E-state index in [0.29, 0.717) is 6.10 Å². The molecule has 0 spiro atoms. The van der Waals surface area contributed by atoms with Gasteiger partial charge in [-0.1, -0.05) is 6.58 Å². The minimum atomic E-state index is 0.523. The van der Waals surface area contributed by atoms with Crippen molar-refractivity contribution < 1.29 is 9.22 Å². The fourth-order valence-electron chi connectivity index (χ4n) is 1.15. The van der Waals surface area contributed by atoms with E-state index in [0.717, 1.165) is 24.2 Å². The van der Waals surface area contributed by atoms with Crippen molar-refractivity contribution in [3.63, 3.8) is 0 Å². The molecule has 10 heavy (non-hydrogen) atoms. The van der Waals surface area contributed by atoms with Gasteiger partial charge in [-0.3, -0.25) is 0 Å². The largest absolute Gasteiger partial charge is 0.367 e. The van der Waals surface area contributed by atoms with Crippen LogP contribution >= 0.6 is 0 Å². The lowest BCUT2D eigenvalue weighted by Gasteiger charge is -2.27. The number of ether oxygens (including phenoxy) is 1. The highest BCUT2D eigenvalue weighted by Gasteiger charge is 2.30. The van der Waals surface area contributed by atoms with Crippen molar-refractivity contribution in [3.05, 3.63) is 12.7 Å². The summed E-state index contributed by atoms with van der Waals surface area (Å²) in [7, 11) is 4.40. The summed E-state index contributed by atoms with van der Waals surface area (Å²) in [4.78, 5) is 0. The predicted octanol–water partition coefficient (Wildman–Crippen LogP) is 0.648. The van der Waals surface area contributed by atoms with Crippen LogP contribution in [0.15, 0.2) is 12.7 Å². The molecule has 2 heteroatoms. The highest BCUT2D eigenvalue weighted by Crippen LogP contribution is 2.13. The van der Waals surface area contributed by atoms with Crippen LogP contribution in [0.1, 0.15) is 0 Å². The number of hydrogen-bond acceptors (Lipinski definition) is 1. The first-order chi connectivity index (χ1) is 4.64. The molecule has 0 bridgehead atoms. The van der Waals surface area contributed by atoms with Crippen LogP contribution in [0.4, 0.5) is 0 Å². The van der Waals surface area contributed by atoms with Crippen molar-refractivity contribution in [2.45, 2.75) is 6.10 Å². The van der Waals surface area contributed by atoms with E-state index in [1.165, 1.54) is 0 Å². The van der Waals surface area contributed by atoms with E-state index < -0.39 is 0 Å². The molecule has 0 aliphatic carbocycles. The Morgan fingerprint density at radius 1 is 1.70 bits per heavy atom. The Labute approximate surface area is 62.7 Å². The van der Waals surface area contributed by atoms with Gasteiger partial charge in [0.2, 0.25) is 0 Å². The van der Waals surface area contributed by atoms with Crippen molar-refractivity contribution in [1.29, 1.82) is 0 Å². The zero-order valence-electron chi connectivity index (χ0n) is 6.84. The summed E-state index contributed by atoms with van der Waals surface area (Å²) >= 11 is 0. The minimum Gasteiger partial charge on any atom is -0.367 e. The van der Waals surface area contributed by atoms with Gasteiger partial charge in [0, 0.05) is 0 Å². The molecule has 1 rings (SSSR count). The molecule has 1 unspecified atom stereocenters. The Morgan fingerprint density at radius 3 is 2.70 bits per heavy atom. The van der Waals surface area contributed by atoms with E-state index in [-0.39, 0.29) is 0 Å². The Morgan fingerprint density at radius 2 is 2.30 bits per heavy atom. The van der Waals surface area contributed by atoms with Gasteiger partial charge in [-0.25, -0.2) is 0 Å². The maximum atomic E-state index is 5.14. The van der Waals surface area contributed by atoms with Crippen LogP contribution in [0, 0.1) is 0 Å². The van der Waals surface area contributed by atoms with E-state index in [2.05, 4.69) is 20.7 Å². The summed E-state index contributed by atoms with van der Waals surface area (Å²) in [5.74, 6) is 0. The molecule has 2 nitrogen and oxygen atoms in total. The normalized spacial score (nSPS) is 24.4. The molecular weight excluding hydrogens is 126 g/mol. The van der Waals surface area contributed by atoms with Crippen molar-refractivity contribution in [1.82, 2.24) is 0 Å². The average molecular weight is 142 g/mol. The Balaban J connectivity index is 2.25. The van der Waals surface area contributed by atoms with Gasteiger partial charge in [0.1, 0.15) is 12.6 Å². The van der Waals surface area contributed by atoms with Gasteiger partial charge in [0.15, 0.2) is 0 Å². The van der Waals surface area contributed by atoms with Crippen LogP contribution in [0.5, 0.6) is 0 Å². The van der Waals surface area contributed by atoms with Gasteiger partial charge >= 0.3 is 0 Å². The second-order valence-corrected chi connectivity index (χ2v) is 3.54. The highest BCUT2D eigenvalue weighted by atomic mass is 16.6. The smallest absolute Gasteiger partial charge is 0.130 e. The average Bonchev–Trinajstić information content (AvgIpc) is 2.48. The lowest BCUT2D eigenvalue weighted by atomic mass is 10.3. The Bertz CT molecular complexity index is 127. The van der Waals surface area contributed by atoms with Crippen molar-refractivity contribution in [3.8, 4) is 0 Å². The molecule has 1 aliphatic heterocycles. The number of epoxide rings is 1. The summed E-state index contributed by atoms with van der Waals surface area (Å²) in [5, 5.41) is 0. The molecule has 1 aliphatic rings. The third-order valence-corrected chi connectivity index (χ3v) is 1.72. The van der Waals surface area contributed by atoms with Gasteiger partial charge < -0.3 is 9.22 Å². The van der Waals surface area contributed by atoms with Crippen LogP contribution in [0.3, 0.4) is 0 Å². The summed E-state index contributed by atoms with van der Waals surface area (Å²) in [6.07, 6.45) is 2.48. The number of nitrogens with zero attached hydrogens (tertiary/aromatic N) is 1. The van der Waals surface area contributed by atoms with Gasteiger partial charge in [-0.2, -0.15) is 0 Å². The SMILES string of the molecule is C=CC[N+](C)(C)CC1CO1. The van der Waals surface area contributed by atoms with Crippen LogP contribution < -0.4 is 0 Å². The van der Waals surface area contributed by atoms with Crippen LogP contribution in [-0.4, -0.2) is 44.4 Å². The zero-order chi connectivity index (χ0) is 7.61. The van der Waals surface area contributed by atoms with Crippen molar-refractivity contribution >= 4 is 0 Å². The molecule has 1 heterocycles. The quantitative estimate of drug-likeness (QED) is 0.319. The summed E-state index contributed by atoms with van der Waals surface area (Å²) in [5.41, 5.74) is 0. The maximum absolute atomic E-state index is 5.14. The number of hydrogen-bond donors (Lipinski definition) is 0. The minimum absolute atomic E-state index is 0.523. The van der Waals surface area contributed by atoms with Gasteiger partial charge in [-0.05, 0) is 6.08 Å². The van der Waals surface area contributed by atoms with E-state index in [1.54, 1.807) is 0 Å². The van der Waals surface area contributed by atoms with Crippen molar-refractivity contribution in [2.24, 2.45) is 0 Å². The summed E-state index contributed by atoms with van der Waals surface area (Å²) in [6, 6.07) is 0. The summed E-state index contributed by atoms with van der Waals surface area (Å²) in [6.45, 7) is 6.82. The van der Waals surface area contributed by atoms with E-state index in [9.17, 15) is 0 Å². The summed E-state index contributed by atoms with van der Waals surface area (Å²) < 4.78 is 6.13. The van der Waals surface area contributed by atoms with Gasteiger partial charge in [0.25, 0.3) is 0 Å². The molecule has 0 aromatic carbocycles. The van der Waals surface area contributed by atoms with Crippen LogP contribution in [0.25, 0.3) is 0 Å². The third-order valence-electron chi connectivity index (χ3n) is 1.72. The first-order valence-corrected chi connectivity index (χ1v) is 3.68. The van der Waals surface area contributed by atoms with Crippen LogP contribution in [-0.2, 0) is 4.74 Å². The standard InChI is InChI=1S/C8H16NO/c1-4-5-9(2,3)6-8-7-10-8/h4,8H,1,5-7H2,2-3H3/q+1. The van der Waals surface area contributed by atoms with E-state index >= 15 is 0 Å². The van der Waals surface area contributed by atoms with E-state index in [4.69, 9.17) is 4.74 Å². The molecule has 0 aromatic heterocycles. The molecule has 58 valence electrons. The molecule has 0 N–H and O–H groups in total. The molecule has 0 amide bonds. The second-order valence-electron chi connectivity index (χ2n) is 3.54. The molecule has 0 radical (unpaired) electrons. The van der Waals surface area contributed by atoms with E-state index in [1.807, 2.05) is 6.08 Å². The lowest BCUT2D eigenvalue weighted by Crippen LogP contribution is -2.42. The monoisotopic (exact) mass is 142 g/mol. The number of quaternary nitrogens is 1. The van der Waals surface area contributed by atoms with Crippen molar-refractivity contribution in [2.75, 3.05) is 33.8 Å². The second kappa shape index (κ2) is 2.72. The predicted molar refractivity (Wildman–Crippen MR) is 41.8 cm³/mol. The fraction of sp³-hybridized carbons (Fsp3) is 0.750. The topological polar surface area (TPSA) is 12.5 Å². The lowest BCUT2D eigenvalue weighted by molar-refractivity contribution is -0.884. The van der Waals surface area contributed by atoms with Gasteiger partial charge in [-0.15, -0.1) is 0 Å². The van der Waals surface area contributed by atoms with Gasteiger partial charge in [0.05, 0.1) is 27.2 Å². The molecule has 0 aromatic rings. The van der Waals surface area contributed by atoms with Crippen LogP contribution in [0.2, 0.25) is 0 Å². The fourth-order valence-corrected chi connectivity index (χ4v) is 1.15. The molecular formula is C8H16NO+.